The second kappa shape index (κ2) is 4.44. The molecule has 2 aromatic rings. The fourth-order valence-electron chi connectivity index (χ4n) is 1.88. The molecule has 2 heteroatoms. The van der Waals surface area contributed by atoms with E-state index in [2.05, 4.69) is 11.1 Å². The molecule has 0 amide bonds. The second-order valence-electron chi connectivity index (χ2n) is 3.87. The molecule has 82 valence electrons. The molecule has 0 saturated heterocycles. The van der Waals surface area contributed by atoms with Crippen LogP contribution in [0.4, 0.5) is 4.39 Å². The van der Waals surface area contributed by atoms with Crippen LogP contribution >= 0.6 is 0 Å². The highest BCUT2D eigenvalue weighted by atomic mass is 19.1. The summed E-state index contributed by atoms with van der Waals surface area (Å²) >= 11 is 0. The molecule has 0 aliphatic heterocycles. The van der Waals surface area contributed by atoms with Crippen molar-refractivity contribution in [1.82, 2.24) is 4.98 Å². The number of rotatable bonds is 2. The van der Waals surface area contributed by atoms with Gasteiger partial charge in [-0.2, -0.15) is 0 Å². The van der Waals surface area contributed by atoms with Crippen LogP contribution in [-0.4, -0.2) is 4.98 Å². The van der Waals surface area contributed by atoms with Crippen molar-refractivity contribution in [3.8, 4) is 11.1 Å². The Hall–Kier alpha value is -1.70. The zero-order valence-electron chi connectivity index (χ0n) is 9.50. The van der Waals surface area contributed by atoms with E-state index in [0.717, 1.165) is 16.7 Å². The Morgan fingerprint density at radius 2 is 2.06 bits per heavy atom. The molecule has 0 atom stereocenters. The van der Waals surface area contributed by atoms with Crippen LogP contribution < -0.4 is 0 Å². The first-order valence-electron chi connectivity index (χ1n) is 5.41. The third-order valence-electron chi connectivity index (χ3n) is 2.69. The molecular weight excluding hydrogens is 201 g/mol. The van der Waals surface area contributed by atoms with Crippen LogP contribution in [0, 0.1) is 12.7 Å². The smallest absolute Gasteiger partial charge is 0.145 e. The monoisotopic (exact) mass is 215 g/mol. The van der Waals surface area contributed by atoms with Gasteiger partial charge in [-0.15, -0.1) is 0 Å². The molecule has 0 fully saturated rings. The topological polar surface area (TPSA) is 12.9 Å². The molecule has 1 nitrogen and oxygen atoms in total. The molecule has 1 heterocycles. The number of aromatic nitrogens is 1. The first-order valence-corrected chi connectivity index (χ1v) is 5.41. The van der Waals surface area contributed by atoms with E-state index in [1.807, 2.05) is 32.0 Å². The molecule has 1 aromatic carbocycles. The highest BCUT2D eigenvalue weighted by Crippen LogP contribution is 2.25. The van der Waals surface area contributed by atoms with Crippen LogP contribution in [0.3, 0.4) is 0 Å². The number of pyridine rings is 1. The van der Waals surface area contributed by atoms with E-state index in [1.165, 1.54) is 11.8 Å². The van der Waals surface area contributed by atoms with Crippen molar-refractivity contribution in [2.75, 3.05) is 0 Å². The van der Waals surface area contributed by atoms with Gasteiger partial charge in [-0.1, -0.05) is 36.8 Å². The minimum absolute atomic E-state index is 0.221. The predicted molar refractivity (Wildman–Crippen MR) is 63.7 cm³/mol. The summed E-state index contributed by atoms with van der Waals surface area (Å²) in [5.41, 5.74) is 3.83. The van der Waals surface area contributed by atoms with E-state index in [9.17, 15) is 4.39 Å². The summed E-state index contributed by atoms with van der Waals surface area (Å²) < 4.78 is 13.6. The fraction of sp³-hybridized carbons (Fsp3) is 0.214. The van der Waals surface area contributed by atoms with E-state index >= 15 is 0 Å². The van der Waals surface area contributed by atoms with Crippen molar-refractivity contribution in [1.29, 1.82) is 0 Å². The van der Waals surface area contributed by atoms with Gasteiger partial charge in [0.05, 0.1) is 6.20 Å². The normalized spacial score (nSPS) is 10.4. The zero-order chi connectivity index (χ0) is 11.5. The van der Waals surface area contributed by atoms with Gasteiger partial charge in [-0.25, -0.2) is 4.39 Å². The van der Waals surface area contributed by atoms with Crippen molar-refractivity contribution in [2.45, 2.75) is 20.3 Å². The Balaban J connectivity index is 2.60. The Morgan fingerprint density at radius 3 is 2.75 bits per heavy atom. The van der Waals surface area contributed by atoms with Crippen molar-refractivity contribution >= 4 is 0 Å². The number of halogens is 1. The number of benzene rings is 1. The van der Waals surface area contributed by atoms with Gasteiger partial charge in [-0.3, -0.25) is 4.98 Å². The van der Waals surface area contributed by atoms with Gasteiger partial charge in [0.1, 0.15) is 5.82 Å². The highest BCUT2D eigenvalue weighted by molar-refractivity contribution is 5.67. The molecule has 0 bridgehead atoms. The molecule has 0 aliphatic rings. The van der Waals surface area contributed by atoms with Gasteiger partial charge in [0, 0.05) is 11.8 Å². The maximum Gasteiger partial charge on any atom is 0.145 e. The Bertz CT molecular complexity index is 506. The maximum atomic E-state index is 13.6. The van der Waals surface area contributed by atoms with Crippen LogP contribution in [0.25, 0.3) is 11.1 Å². The Kier molecular flexibility index (Phi) is 3.00. The lowest BCUT2D eigenvalue weighted by atomic mass is 9.99. The first-order chi connectivity index (χ1) is 7.72. The minimum atomic E-state index is -0.221. The average molecular weight is 215 g/mol. The third kappa shape index (κ3) is 1.96. The fourth-order valence-corrected chi connectivity index (χ4v) is 1.88. The summed E-state index contributed by atoms with van der Waals surface area (Å²) in [5.74, 6) is -0.221. The molecule has 16 heavy (non-hydrogen) atoms. The van der Waals surface area contributed by atoms with Crippen LogP contribution in [0.2, 0.25) is 0 Å². The molecule has 1 aromatic heterocycles. The summed E-state index contributed by atoms with van der Waals surface area (Å²) in [6.45, 7) is 3.99. The summed E-state index contributed by atoms with van der Waals surface area (Å²) in [6.07, 6.45) is 3.69. The number of hydrogen-bond acceptors (Lipinski definition) is 1. The minimum Gasteiger partial charge on any atom is -0.261 e. The zero-order valence-corrected chi connectivity index (χ0v) is 9.50. The standard InChI is InChI=1S/C14H14FN/c1-3-12-13(8-16-9-14(12)15)11-6-4-5-10(2)7-11/h4-9H,3H2,1-2H3. The lowest BCUT2D eigenvalue weighted by Gasteiger charge is -2.08. The third-order valence-corrected chi connectivity index (χ3v) is 2.69. The number of hydrogen-bond donors (Lipinski definition) is 0. The highest BCUT2D eigenvalue weighted by Gasteiger charge is 2.08. The average Bonchev–Trinajstić information content (AvgIpc) is 2.28. The SMILES string of the molecule is CCc1c(F)cncc1-c1cccc(C)c1. The molecule has 0 saturated carbocycles. The van der Waals surface area contributed by atoms with Gasteiger partial charge >= 0.3 is 0 Å². The molecular formula is C14H14FN. The van der Waals surface area contributed by atoms with Gasteiger partial charge < -0.3 is 0 Å². The van der Waals surface area contributed by atoms with Crippen LogP contribution in [0.1, 0.15) is 18.1 Å². The quantitative estimate of drug-likeness (QED) is 0.743. The summed E-state index contributed by atoms with van der Waals surface area (Å²) in [5, 5.41) is 0. The summed E-state index contributed by atoms with van der Waals surface area (Å²) in [4.78, 5) is 3.92. The Labute approximate surface area is 95.0 Å². The number of aryl methyl sites for hydroxylation is 1. The molecule has 0 radical (unpaired) electrons. The molecule has 0 aliphatic carbocycles. The van der Waals surface area contributed by atoms with E-state index in [1.54, 1.807) is 6.20 Å². The van der Waals surface area contributed by atoms with Gasteiger partial charge in [0.15, 0.2) is 0 Å². The number of nitrogens with zero attached hydrogens (tertiary/aromatic N) is 1. The van der Waals surface area contributed by atoms with Crippen molar-refractivity contribution in [3.63, 3.8) is 0 Å². The molecule has 0 unspecified atom stereocenters. The van der Waals surface area contributed by atoms with Gasteiger partial charge in [0.25, 0.3) is 0 Å². The maximum absolute atomic E-state index is 13.6. The van der Waals surface area contributed by atoms with Crippen LogP contribution in [-0.2, 0) is 6.42 Å². The van der Waals surface area contributed by atoms with Gasteiger partial charge in [0.2, 0.25) is 0 Å². The van der Waals surface area contributed by atoms with Crippen molar-refractivity contribution < 1.29 is 4.39 Å². The van der Waals surface area contributed by atoms with E-state index in [4.69, 9.17) is 0 Å². The summed E-state index contributed by atoms with van der Waals surface area (Å²) in [7, 11) is 0. The Morgan fingerprint density at radius 1 is 1.25 bits per heavy atom. The lowest BCUT2D eigenvalue weighted by molar-refractivity contribution is 0.606. The van der Waals surface area contributed by atoms with E-state index < -0.39 is 0 Å². The van der Waals surface area contributed by atoms with Crippen molar-refractivity contribution in [2.24, 2.45) is 0 Å². The van der Waals surface area contributed by atoms with E-state index in [0.29, 0.717) is 6.42 Å². The molecule has 0 spiro atoms. The second-order valence-corrected chi connectivity index (χ2v) is 3.87. The predicted octanol–water partition coefficient (Wildman–Crippen LogP) is 3.76. The van der Waals surface area contributed by atoms with E-state index in [-0.39, 0.29) is 5.82 Å². The van der Waals surface area contributed by atoms with Gasteiger partial charge in [-0.05, 0) is 24.5 Å². The van der Waals surface area contributed by atoms with Crippen LogP contribution in [0.15, 0.2) is 36.7 Å². The van der Waals surface area contributed by atoms with Crippen LogP contribution in [0.5, 0.6) is 0 Å². The lowest BCUT2D eigenvalue weighted by Crippen LogP contribution is -1.94. The largest absolute Gasteiger partial charge is 0.261 e. The first kappa shape index (κ1) is 10.8. The summed E-state index contributed by atoms with van der Waals surface area (Å²) in [6, 6.07) is 8.05. The molecule has 2 rings (SSSR count). The molecule has 0 N–H and O–H groups in total. The van der Waals surface area contributed by atoms with Crippen molar-refractivity contribution in [3.05, 3.63) is 53.6 Å².